The molecule has 0 aliphatic heterocycles. The van der Waals surface area contributed by atoms with Crippen molar-refractivity contribution in [2.24, 2.45) is 0 Å². The molecule has 4 rings (SSSR count). The van der Waals surface area contributed by atoms with Gasteiger partial charge in [-0.05, 0) is 37.3 Å². The summed E-state index contributed by atoms with van der Waals surface area (Å²) in [6.07, 6.45) is -6.57. The van der Waals surface area contributed by atoms with Crippen molar-refractivity contribution in [2.75, 3.05) is 5.32 Å². The Morgan fingerprint density at radius 3 is 2.16 bits per heavy atom. The second kappa shape index (κ2) is 7.70. The van der Waals surface area contributed by atoms with Crippen LogP contribution in [0.3, 0.4) is 0 Å². The summed E-state index contributed by atoms with van der Waals surface area (Å²) in [4.78, 5) is 19.6. The molecule has 0 fully saturated rings. The van der Waals surface area contributed by atoms with Gasteiger partial charge in [-0.15, -0.1) is 0 Å². The summed E-state index contributed by atoms with van der Waals surface area (Å²) in [6.45, 7) is 1.56. The number of nitrogens with zero attached hydrogens (tertiary/aromatic N) is 5. The Balaban J connectivity index is 1.72. The van der Waals surface area contributed by atoms with E-state index in [9.17, 15) is 26.3 Å². The van der Waals surface area contributed by atoms with Gasteiger partial charge in [0, 0.05) is 29.7 Å². The molecule has 0 spiro atoms. The highest BCUT2D eigenvalue weighted by Gasteiger charge is 2.35. The summed E-state index contributed by atoms with van der Waals surface area (Å²) in [5, 5.41) is 3.17. The Kier molecular flexibility index (Phi) is 5.15. The summed E-state index contributed by atoms with van der Waals surface area (Å²) in [5.41, 5.74) is -1.42. The van der Waals surface area contributed by atoms with Crippen LogP contribution in [0.5, 0.6) is 0 Å². The number of rotatable bonds is 3. The van der Waals surface area contributed by atoms with Gasteiger partial charge in [-0.25, -0.2) is 19.9 Å². The first-order valence-corrected chi connectivity index (χ1v) is 8.99. The molecular weight excluding hydrogens is 438 g/mol. The highest BCUT2D eigenvalue weighted by molar-refractivity contribution is 5.91. The fraction of sp³-hybridized carbons (Fsp3) is 0.150. The van der Waals surface area contributed by atoms with Gasteiger partial charge in [0.15, 0.2) is 5.65 Å². The number of aromatic nitrogens is 5. The van der Waals surface area contributed by atoms with Crippen LogP contribution in [0.1, 0.15) is 16.8 Å². The highest BCUT2D eigenvalue weighted by Crippen LogP contribution is 2.36. The predicted octanol–water partition coefficient (Wildman–Crippen LogP) is 5.57. The normalized spacial score (nSPS) is 12.2. The van der Waals surface area contributed by atoms with Crippen LogP contribution in [0.2, 0.25) is 0 Å². The molecule has 0 aromatic carbocycles. The molecule has 6 nitrogen and oxygen atoms in total. The average Bonchev–Trinajstić information content (AvgIpc) is 2.72. The minimum absolute atomic E-state index is 0.0241. The van der Waals surface area contributed by atoms with Crippen molar-refractivity contribution in [1.82, 2.24) is 24.9 Å². The molecule has 0 bridgehead atoms. The minimum Gasteiger partial charge on any atom is -0.323 e. The lowest BCUT2D eigenvalue weighted by atomic mass is 10.1. The molecule has 0 saturated heterocycles. The topological polar surface area (TPSA) is 76.5 Å². The quantitative estimate of drug-likeness (QED) is 0.411. The van der Waals surface area contributed by atoms with Crippen molar-refractivity contribution in [3.63, 3.8) is 0 Å². The standard InChI is InChI=1S/C20H12F6N6/c1-10-2-4-13(20(24,25)26)16(30-10)15-5-3-12-14(6-7-27-17(12)31-15)32-18-28-8-11(9-29-18)19(21,22)23/h2-9H,1H3,(H,27,28,29,31,32). The monoisotopic (exact) mass is 450 g/mol. The highest BCUT2D eigenvalue weighted by atomic mass is 19.4. The van der Waals surface area contributed by atoms with E-state index < -0.39 is 23.5 Å². The zero-order valence-electron chi connectivity index (χ0n) is 16.1. The van der Waals surface area contributed by atoms with Gasteiger partial charge in [-0.2, -0.15) is 26.3 Å². The number of pyridine rings is 3. The molecule has 12 heteroatoms. The molecule has 4 aromatic rings. The van der Waals surface area contributed by atoms with Gasteiger partial charge < -0.3 is 5.32 Å². The number of nitrogens with one attached hydrogen (secondary N) is 1. The van der Waals surface area contributed by atoms with Gasteiger partial charge in [0.2, 0.25) is 5.95 Å². The number of aryl methyl sites for hydroxylation is 1. The van der Waals surface area contributed by atoms with E-state index >= 15 is 0 Å². The Morgan fingerprint density at radius 1 is 0.781 bits per heavy atom. The molecule has 0 aliphatic rings. The van der Waals surface area contributed by atoms with Crippen molar-refractivity contribution < 1.29 is 26.3 Å². The zero-order valence-corrected chi connectivity index (χ0v) is 16.1. The van der Waals surface area contributed by atoms with Gasteiger partial charge in [-0.3, -0.25) is 4.98 Å². The molecule has 4 heterocycles. The number of anilines is 2. The van der Waals surface area contributed by atoms with E-state index in [-0.39, 0.29) is 23.0 Å². The fourth-order valence-corrected chi connectivity index (χ4v) is 2.91. The van der Waals surface area contributed by atoms with Crippen LogP contribution in [0.25, 0.3) is 22.4 Å². The molecule has 32 heavy (non-hydrogen) atoms. The van der Waals surface area contributed by atoms with E-state index in [1.165, 1.54) is 30.5 Å². The zero-order chi connectivity index (χ0) is 23.1. The van der Waals surface area contributed by atoms with Gasteiger partial charge in [-0.1, -0.05) is 0 Å². The summed E-state index contributed by atoms with van der Waals surface area (Å²) in [5.74, 6) is -0.103. The molecule has 0 aliphatic carbocycles. The first kappa shape index (κ1) is 21.4. The van der Waals surface area contributed by atoms with E-state index in [0.29, 0.717) is 29.2 Å². The Bertz CT molecular complexity index is 1280. The average molecular weight is 450 g/mol. The smallest absolute Gasteiger partial charge is 0.323 e. The Morgan fingerprint density at radius 2 is 1.50 bits per heavy atom. The minimum atomic E-state index is -4.62. The van der Waals surface area contributed by atoms with E-state index in [1.54, 1.807) is 6.92 Å². The maximum absolute atomic E-state index is 13.4. The van der Waals surface area contributed by atoms with Crippen molar-refractivity contribution in [1.29, 1.82) is 0 Å². The number of hydrogen-bond donors (Lipinski definition) is 1. The molecule has 1 N–H and O–H groups in total. The molecule has 4 aromatic heterocycles. The van der Waals surface area contributed by atoms with Crippen LogP contribution in [0.4, 0.5) is 38.0 Å². The molecule has 164 valence electrons. The van der Waals surface area contributed by atoms with Crippen molar-refractivity contribution in [3.8, 4) is 11.4 Å². The van der Waals surface area contributed by atoms with Crippen LogP contribution < -0.4 is 5.32 Å². The number of halogens is 6. The summed E-state index contributed by atoms with van der Waals surface area (Å²) >= 11 is 0. The van der Waals surface area contributed by atoms with Crippen molar-refractivity contribution >= 4 is 22.7 Å². The second-order valence-corrected chi connectivity index (χ2v) is 6.69. The van der Waals surface area contributed by atoms with Crippen LogP contribution in [-0.2, 0) is 12.4 Å². The number of hydrogen-bond acceptors (Lipinski definition) is 6. The van der Waals surface area contributed by atoms with Crippen LogP contribution in [-0.4, -0.2) is 24.9 Å². The third-order valence-electron chi connectivity index (χ3n) is 4.41. The van der Waals surface area contributed by atoms with Gasteiger partial charge in [0.25, 0.3) is 0 Å². The SMILES string of the molecule is Cc1ccc(C(F)(F)F)c(-c2ccc3c(Nc4ncc(C(F)(F)F)cn4)ccnc3n2)n1. The van der Waals surface area contributed by atoms with E-state index in [0.717, 1.165) is 6.07 Å². The summed E-state index contributed by atoms with van der Waals surface area (Å²) < 4.78 is 78.2. The van der Waals surface area contributed by atoms with E-state index in [4.69, 9.17) is 0 Å². The first-order valence-electron chi connectivity index (χ1n) is 8.99. The molecule has 0 saturated carbocycles. The third-order valence-corrected chi connectivity index (χ3v) is 4.41. The Hall–Kier alpha value is -3.83. The molecule has 0 radical (unpaired) electrons. The molecular formula is C20H12F6N6. The van der Waals surface area contributed by atoms with Gasteiger partial charge >= 0.3 is 12.4 Å². The first-order chi connectivity index (χ1) is 15.0. The molecule has 0 unspecified atom stereocenters. The second-order valence-electron chi connectivity index (χ2n) is 6.69. The lowest BCUT2D eigenvalue weighted by molar-refractivity contribution is -0.138. The predicted molar refractivity (Wildman–Crippen MR) is 103 cm³/mol. The van der Waals surface area contributed by atoms with Crippen molar-refractivity contribution in [2.45, 2.75) is 19.3 Å². The van der Waals surface area contributed by atoms with E-state index in [1.807, 2.05) is 0 Å². The molecule has 0 amide bonds. The van der Waals surface area contributed by atoms with Gasteiger partial charge in [0.05, 0.1) is 22.5 Å². The lowest BCUT2D eigenvalue weighted by Crippen LogP contribution is -2.10. The van der Waals surface area contributed by atoms with Crippen molar-refractivity contribution in [3.05, 3.63) is 65.7 Å². The molecule has 0 atom stereocenters. The fourth-order valence-electron chi connectivity index (χ4n) is 2.91. The summed E-state index contributed by atoms with van der Waals surface area (Å²) in [7, 11) is 0. The van der Waals surface area contributed by atoms with Gasteiger partial charge in [0.1, 0.15) is 5.69 Å². The maximum Gasteiger partial charge on any atom is 0.419 e. The maximum atomic E-state index is 13.4. The lowest BCUT2D eigenvalue weighted by Gasteiger charge is -2.13. The van der Waals surface area contributed by atoms with Crippen LogP contribution in [0.15, 0.2) is 48.9 Å². The van der Waals surface area contributed by atoms with Crippen LogP contribution in [0, 0.1) is 6.92 Å². The third kappa shape index (κ3) is 4.29. The number of alkyl halides is 6. The number of fused-ring (bicyclic) bond motifs is 1. The largest absolute Gasteiger partial charge is 0.419 e. The Labute approximate surface area is 176 Å². The van der Waals surface area contributed by atoms with E-state index in [2.05, 4.69) is 30.2 Å². The van der Waals surface area contributed by atoms with Crippen LogP contribution >= 0.6 is 0 Å². The summed E-state index contributed by atoms with van der Waals surface area (Å²) in [6, 6.07) is 6.56.